The van der Waals surface area contributed by atoms with E-state index in [0.717, 1.165) is 5.56 Å². The van der Waals surface area contributed by atoms with Gasteiger partial charge in [0.2, 0.25) is 5.89 Å². The van der Waals surface area contributed by atoms with Crippen molar-refractivity contribution in [2.75, 3.05) is 0 Å². The molecule has 0 unspecified atom stereocenters. The van der Waals surface area contributed by atoms with Crippen molar-refractivity contribution in [3.8, 4) is 17.2 Å². The van der Waals surface area contributed by atoms with Gasteiger partial charge < -0.3 is 9.15 Å². The Morgan fingerprint density at radius 1 is 1.21 bits per heavy atom. The molecule has 0 atom stereocenters. The number of hydrogen-bond acceptors (Lipinski definition) is 4. The molecule has 7 heteroatoms. The molecule has 0 amide bonds. The van der Waals surface area contributed by atoms with Gasteiger partial charge in [0.1, 0.15) is 11.9 Å². The Balaban J connectivity index is 1.66. The molecular weight excluding hydrogens is 322 g/mol. The lowest BCUT2D eigenvalue weighted by Crippen LogP contribution is -2.43. The fourth-order valence-electron chi connectivity index (χ4n) is 1.88. The Morgan fingerprint density at radius 2 is 1.89 bits per heavy atom. The van der Waals surface area contributed by atoms with Crippen LogP contribution in [0.25, 0.3) is 11.5 Å². The fourth-order valence-corrected chi connectivity index (χ4v) is 2.11. The molecule has 1 aromatic heterocycles. The number of rotatable bonds is 3. The molecule has 3 rings (SSSR count). The zero-order chi connectivity index (χ0) is 13.5. The molecule has 1 fully saturated rings. The number of hydrogen-bond donors (Lipinski definition) is 0. The van der Waals surface area contributed by atoms with Gasteiger partial charge >= 0.3 is 0 Å². The molecular formula is C12H9BrF2N2O2. The highest BCUT2D eigenvalue weighted by atomic mass is 79.9. The second kappa shape index (κ2) is 4.56. The number of benzene rings is 1. The fraction of sp³-hybridized carbons (Fsp3) is 0.333. The zero-order valence-electron chi connectivity index (χ0n) is 9.65. The van der Waals surface area contributed by atoms with E-state index in [0.29, 0.717) is 16.4 Å². The van der Waals surface area contributed by atoms with Crippen molar-refractivity contribution >= 4 is 15.9 Å². The lowest BCUT2D eigenvalue weighted by Gasteiger charge is -2.34. The molecule has 0 radical (unpaired) electrons. The first kappa shape index (κ1) is 12.5. The van der Waals surface area contributed by atoms with Gasteiger partial charge in [0.25, 0.3) is 10.7 Å². The standard InChI is InChI=1S/C12H9BrF2N2O2/c13-11-17-16-10(19-11)7-1-3-8(4-2-7)18-9-5-12(14,15)6-9/h1-4,9H,5-6H2. The lowest BCUT2D eigenvalue weighted by molar-refractivity contribution is -0.134. The average molecular weight is 331 g/mol. The van der Waals surface area contributed by atoms with E-state index in [-0.39, 0.29) is 12.8 Å². The Bertz CT molecular complexity index is 578. The first-order valence-electron chi connectivity index (χ1n) is 5.66. The average Bonchev–Trinajstić information content (AvgIpc) is 2.74. The van der Waals surface area contributed by atoms with Gasteiger partial charge in [0, 0.05) is 34.3 Å². The quantitative estimate of drug-likeness (QED) is 0.861. The van der Waals surface area contributed by atoms with E-state index >= 15 is 0 Å². The van der Waals surface area contributed by atoms with E-state index in [9.17, 15) is 8.78 Å². The highest BCUT2D eigenvalue weighted by Crippen LogP contribution is 2.39. The number of alkyl halides is 2. The minimum Gasteiger partial charge on any atom is -0.490 e. The van der Waals surface area contributed by atoms with Crippen LogP contribution in [0.1, 0.15) is 12.8 Å². The first-order valence-corrected chi connectivity index (χ1v) is 6.45. The molecule has 1 aliphatic carbocycles. The minimum absolute atomic E-state index is 0.217. The van der Waals surface area contributed by atoms with Gasteiger partial charge in [0.15, 0.2) is 0 Å². The first-order chi connectivity index (χ1) is 9.02. The summed E-state index contributed by atoms with van der Waals surface area (Å²) in [5, 5.41) is 7.51. The minimum atomic E-state index is -2.57. The van der Waals surface area contributed by atoms with Gasteiger partial charge in [-0.15, -0.1) is 10.2 Å². The molecule has 19 heavy (non-hydrogen) atoms. The van der Waals surface area contributed by atoms with E-state index in [4.69, 9.17) is 9.15 Å². The summed E-state index contributed by atoms with van der Waals surface area (Å²) in [6.07, 6.45) is -0.838. The van der Waals surface area contributed by atoms with E-state index in [1.54, 1.807) is 24.3 Å². The van der Waals surface area contributed by atoms with Crippen molar-refractivity contribution in [3.05, 3.63) is 29.1 Å². The van der Waals surface area contributed by atoms with Crippen LogP contribution in [0.4, 0.5) is 8.78 Å². The molecule has 0 N–H and O–H groups in total. The second-order valence-electron chi connectivity index (χ2n) is 4.39. The maximum atomic E-state index is 12.7. The van der Waals surface area contributed by atoms with Crippen molar-refractivity contribution in [1.82, 2.24) is 10.2 Å². The van der Waals surface area contributed by atoms with Crippen LogP contribution in [-0.4, -0.2) is 22.2 Å². The molecule has 1 heterocycles. The Labute approximate surface area is 115 Å². The maximum Gasteiger partial charge on any atom is 0.285 e. The highest BCUT2D eigenvalue weighted by molar-refractivity contribution is 9.10. The molecule has 0 aliphatic heterocycles. The van der Waals surface area contributed by atoms with Crippen molar-refractivity contribution in [2.24, 2.45) is 0 Å². The van der Waals surface area contributed by atoms with Gasteiger partial charge in [-0.1, -0.05) is 0 Å². The third-order valence-electron chi connectivity index (χ3n) is 2.86. The van der Waals surface area contributed by atoms with E-state index in [1.165, 1.54) is 0 Å². The Hall–Kier alpha value is -1.50. The smallest absolute Gasteiger partial charge is 0.285 e. The molecule has 0 spiro atoms. The molecule has 0 saturated heterocycles. The molecule has 1 aromatic carbocycles. The van der Waals surface area contributed by atoms with E-state index in [2.05, 4.69) is 26.1 Å². The van der Waals surface area contributed by atoms with Gasteiger partial charge in [0.05, 0.1) is 0 Å². The number of halogens is 3. The predicted molar refractivity (Wildman–Crippen MR) is 66.0 cm³/mol. The lowest BCUT2D eigenvalue weighted by atomic mass is 9.91. The monoisotopic (exact) mass is 330 g/mol. The summed E-state index contributed by atoms with van der Waals surface area (Å²) in [5.41, 5.74) is 0.740. The van der Waals surface area contributed by atoms with Crippen LogP contribution in [0.3, 0.4) is 0 Å². The van der Waals surface area contributed by atoms with Crippen molar-refractivity contribution < 1.29 is 17.9 Å². The van der Waals surface area contributed by atoms with Crippen LogP contribution in [0.15, 0.2) is 33.5 Å². The van der Waals surface area contributed by atoms with Gasteiger partial charge in [-0.05, 0) is 24.3 Å². The van der Waals surface area contributed by atoms with Gasteiger partial charge in [-0.2, -0.15) is 0 Å². The second-order valence-corrected chi connectivity index (χ2v) is 5.07. The summed E-state index contributed by atoms with van der Waals surface area (Å²) >= 11 is 3.07. The summed E-state index contributed by atoms with van der Waals surface area (Å²) in [4.78, 5) is 0.305. The molecule has 0 bridgehead atoms. The van der Waals surface area contributed by atoms with Crippen LogP contribution in [0.2, 0.25) is 0 Å². The van der Waals surface area contributed by atoms with Crippen molar-refractivity contribution in [3.63, 3.8) is 0 Å². The Kier molecular flexibility index (Phi) is 3.00. The number of nitrogens with zero attached hydrogens (tertiary/aromatic N) is 2. The van der Waals surface area contributed by atoms with Gasteiger partial charge in [-0.25, -0.2) is 8.78 Å². The van der Waals surface area contributed by atoms with Crippen LogP contribution < -0.4 is 4.74 Å². The SMILES string of the molecule is FC1(F)CC(Oc2ccc(-c3nnc(Br)o3)cc2)C1. The summed E-state index contributed by atoms with van der Waals surface area (Å²) in [5.74, 6) is -1.63. The van der Waals surface area contributed by atoms with E-state index in [1.807, 2.05) is 0 Å². The van der Waals surface area contributed by atoms with Crippen molar-refractivity contribution in [2.45, 2.75) is 24.9 Å². The summed E-state index contributed by atoms with van der Waals surface area (Å²) in [6.45, 7) is 0. The van der Waals surface area contributed by atoms with E-state index < -0.39 is 12.0 Å². The third-order valence-corrected chi connectivity index (χ3v) is 3.18. The normalized spacial score (nSPS) is 18.1. The largest absolute Gasteiger partial charge is 0.490 e. The number of ether oxygens (including phenoxy) is 1. The Morgan fingerprint density at radius 3 is 2.42 bits per heavy atom. The third kappa shape index (κ3) is 2.75. The molecule has 1 aliphatic rings. The zero-order valence-corrected chi connectivity index (χ0v) is 11.2. The van der Waals surface area contributed by atoms with Crippen LogP contribution in [0.5, 0.6) is 5.75 Å². The predicted octanol–water partition coefficient (Wildman–Crippen LogP) is 3.68. The molecule has 100 valence electrons. The van der Waals surface area contributed by atoms with Crippen LogP contribution >= 0.6 is 15.9 Å². The molecule has 2 aromatic rings. The van der Waals surface area contributed by atoms with Gasteiger partial charge in [-0.3, -0.25) is 0 Å². The molecule has 1 saturated carbocycles. The summed E-state index contributed by atoms with van der Waals surface area (Å²) in [6, 6.07) is 6.88. The maximum absolute atomic E-state index is 12.7. The summed E-state index contributed by atoms with van der Waals surface area (Å²) in [7, 11) is 0. The summed E-state index contributed by atoms with van der Waals surface area (Å²) < 4.78 is 36.0. The highest BCUT2D eigenvalue weighted by Gasteiger charge is 2.46. The van der Waals surface area contributed by atoms with Crippen molar-refractivity contribution in [1.29, 1.82) is 0 Å². The molecule has 4 nitrogen and oxygen atoms in total. The van der Waals surface area contributed by atoms with Crippen LogP contribution in [0, 0.1) is 0 Å². The van der Waals surface area contributed by atoms with Crippen LogP contribution in [-0.2, 0) is 0 Å². The number of aromatic nitrogens is 2. The topological polar surface area (TPSA) is 48.2 Å².